The highest BCUT2D eigenvalue weighted by Gasteiger charge is 2.12. The quantitative estimate of drug-likeness (QED) is 0.535. The van der Waals surface area contributed by atoms with Crippen LogP contribution in [-0.2, 0) is 23.7 Å². The summed E-state index contributed by atoms with van der Waals surface area (Å²) in [6.45, 7) is 0. The largest absolute Gasteiger partial charge is 0.329 e. The highest BCUT2D eigenvalue weighted by molar-refractivity contribution is 6.03. The van der Waals surface area contributed by atoms with E-state index in [9.17, 15) is 14.4 Å². The van der Waals surface area contributed by atoms with Crippen molar-refractivity contribution >= 4 is 45.3 Å². The molecule has 2 N–H and O–H groups in total. The van der Waals surface area contributed by atoms with Gasteiger partial charge in [0.1, 0.15) is 5.82 Å². The molecule has 30 heavy (non-hydrogen) atoms. The van der Waals surface area contributed by atoms with Gasteiger partial charge in [0.05, 0.1) is 5.52 Å². The number of hydrogen-bond donors (Lipinski definition) is 2. The number of aromatic nitrogens is 3. The van der Waals surface area contributed by atoms with E-state index in [1.165, 1.54) is 9.13 Å². The maximum Gasteiger partial charge on any atom is 0.329 e. The predicted octanol–water partition coefficient (Wildman–Crippen LogP) is 2.78. The number of pyridine rings is 1. The number of anilines is 2. The molecule has 0 unspecified atom stereocenters. The Kier molecular flexibility index (Phi) is 5.05. The molecule has 0 spiro atoms. The second-order valence-corrected chi connectivity index (χ2v) is 7.06. The van der Waals surface area contributed by atoms with Gasteiger partial charge in [0.25, 0.3) is 0 Å². The lowest BCUT2D eigenvalue weighted by Crippen LogP contribution is -2.19. The molecule has 2 aromatic carbocycles. The third kappa shape index (κ3) is 3.67. The average molecular weight is 403 g/mol. The lowest BCUT2D eigenvalue weighted by molar-refractivity contribution is -0.121. The van der Waals surface area contributed by atoms with Crippen LogP contribution in [0, 0.1) is 0 Å². The van der Waals surface area contributed by atoms with Crippen LogP contribution in [-0.4, -0.2) is 25.9 Å². The fourth-order valence-electron chi connectivity index (χ4n) is 3.42. The van der Waals surface area contributed by atoms with E-state index in [1.807, 2.05) is 42.5 Å². The third-order valence-electron chi connectivity index (χ3n) is 5.02. The zero-order valence-electron chi connectivity index (χ0n) is 16.7. The first-order valence-corrected chi connectivity index (χ1v) is 9.54. The number of fused-ring (bicyclic) bond motifs is 2. The van der Waals surface area contributed by atoms with Gasteiger partial charge in [-0.1, -0.05) is 36.4 Å². The molecule has 2 heterocycles. The molecular formula is C22H21N5O3. The smallest absolute Gasteiger partial charge is 0.326 e. The minimum Gasteiger partial charge on any atom is -0.326 e. The summed E-state index contributed by atoms with van der Waals surface area (Å²) in [7, 11) is 3.29. The standard InChI is InChI=1S/C22H21N5O3/c1-26-17-10-11-18(25-21(17)27(2)22(26)30)24-20(29)13-12-19(28)23-16-9-5-7-14-6-3-4-8-15(14)16/h3-11H,12-13H2,1-2H3,(H,23,28)(H,24,25,29). The van der Waals surface area contributed by atoms with Gasteiger partial charge in [-0.05, 0) is 23.6 Å². The summed E-state index contributed by atoms with van der Waals surface area (Å²) in [6.07, 6.45) is 0.0607. The third-order valence-corrected chi connectivity index (χ3v) is 5.02. The molecule has 0 aliphatic carbocycles. The van der Waals surface area contributed by atoms with Crippen molar-refractivity contribution < 1.29 is 9.59 Å². The monoisotopic (exact) mass is 403 g/mol. The molecule has 0 fully saturated rings. The zero-order chi connectivity index (χ0) is 21.3. The van der Waals surface area contributed by atoms with Crippen molar-refractivity contribution in [3.8, 4) is 0 Å². The van der Waals surface area contributed by atoms with E-state index >= 15 is 0 Å². The molecule has 4 aromatic rings. The van der Waals surface area contributed by atoms with Crippen LogP contribution in [0.3, 0.4) is 0 Å². The van der Waals surface area contributed by atoms with Gasteiger partial charge < -0.3 is 10.6 Å². The number of nitrogens with one attached hydrogen (secondary N) is 2. The Morgan fingerprint density at radius 2 is 1.57 bits per heavy atom. The fraction of sp³-hybridized carbons (Fsp3) is 0.182. The minimum absolute atomic E-state index is 0.0179. The maximum atomic E-state index is 12.3. The minimum atomic E-state index is -0.323. The van der Waals surface area contributed by atoms with Crippen LogP contribution < -0.4 is 16.3 Å². The first-order chi connectivity index (χ1) is 14.4. The SMILES string of the molecule is Cn1c(=O)n(C)c2nc(NC(=O)CCC(=O)Nc3cccc4ccccc34)ccc21. The van der Waals surface area contributed by atoms with E-state index in [0.717, 1.165) is 16.5 Å². The average Bonchev–Trinajstić information content (AvgIpc) is 2.96. The molecular weight excluding hydrogens is 382 g/mol. The Bertz CT molecular complexity index is 1330. The summed E-state index contributed by atoms with van der Waals surface area (Å²) < 4.78 is 2.91. The van der Waals surface area contributed by atoms with E-state index in [0.29, 0.717) is 17.0 Å². The Balaban J connectivity index is 1.39. The first-order valence-electron chi connectivity index (χ1n) is 9.54. The molecule has 2 amide bonds. The lowest BCUT2D eigenvalue weighted by Gasteiger charge is -2.09. The van der Waals surface area contributed by atoms with Crippen LogP contribution in [0.5, 0.6) is 0 Å². The molecule has 0 atom stereocenters. The number of carbonyl (C=O) groups excluding carboxylic acids is 2. The van der Waals surface area contributed by atoms with Crippen LogP contribution >= 0.6 is 0 Å². The van der Waals surface area contributed by atoms with Crippen LogP contribution in [0.4, 0.5) is 11.5 Å². The highest BCUT2D eigenvalue weighted by atomic mass is 16.2. The zero-order valence-corrected chi connectivity index (χ0v) is 16.7. The normalized spacial score (nSPS) is 11.0. The van der Waals surface area contributed by atoms with Gasteiger partial charge >= 0.3 is 5.69 Å². The van der Waals surface area contributed by atoms with Crippen molar-refractivity contribution in [2.45, 2.75) is 12.8 Å². The van der Waals surface area contributed by atoms with Crippen LogP contribution in [0.2, 0.25) is 0 Å². The van der Waals surface area contributed by atoms with Crippen molar-refractivity contribution in [1.82, 2.24) is 14.1 Å². The Labute approximate surface area is 172 Å². The molecule has 0 bridgehead atoms. The van der Waals surface area contributed by atoms with E-state index in [4.69, 9.17) is 0 Å². The topological polar surface area (TPSA) is 98.0 Å². The molecule has 0 aliphatic rings. The summed E-state index contributed by atoms with van der Waals surface area (Å²) in [5.74, 6) is -0.227. The molecule has 0 aliphatic heterocycles. The van der Waals surface area contributed by atoms with Crippen molar-refractivity contribution in [1.29, 1.82) is 0 Å². The first kappa shape index (κ1) is 19.4. The molecule has 4 rings (SSSR count). The Morgan fingerprint density at radius 3 is 2.37 bits per heavy atom. The molecule has 152 valence electrons. The van der Waals surface area contributed by atoms with Crippen molar-refractivity contribution in [2.24, 2.45) is 14.1 Å². The number of amides is 2. The Hall–Kier alpha value is -3.94. The predicted molar refractivity (Wildman–Crippen MR) is 116 cm³/mol. The van der Waals surface area contributed by atoms with Crippen LogP contribution in [0.15, 0.2) is 59.4 Å². The van der Waals surface area contributed by atoms with Gasteiger partial charge in [0.15, 0.2) is 5.65 Å². The van der Waals surface area contributed by atoms with E-state index in [-0.39, 0.29) is 30.3 Å². The maximum absolute atomic E-state index is 12.3. The Morgan fingerprint density at radius 1 is 0.867 bits per heavy atom. The van der Waals surface area contributed by atoms with Gasteiger partial charge in [-0.2, -0.15) is 0 Å². The fourth-order valence-corrected chi connectivity index (χ4v) is 3.42. The van der Waals surface area contributed by atoms with E-state index < -0.39 is 0 Å². The number of rotatable bonds is 5. The summed E-state index contributed by atoms with van der Waals surface area (Å²) >= 11 is 0. The van der Waals surface area contributed by atoms with Gasteiger partial charge in [0.2, 0.25) is 11.8 Å². The number of imidazole rings is 1. The van der Waals surface area contributed by atoms with Crippen LogP contribution in [0.25, 0.3) is 21.9 Å². The van der Waals surface area contributed by atoms with Gasteiger partial charge in [0, 0.05) is 38.0 Å². The van der Waals surface area contributed by atoms with Crippen molar-refractivity contribution in [2.75, 3.05) is 10.6 Å². The summed E-state index contributed by atoms with van der Waals surface area (Å²) in [5.41, 5.74) is 1.69. The molecule has 0 saturated carbocycles. The van der Waals surface area contributed by atoms with E-state index in [2.05, 4.69) is 15.6 Å². The van der Waals surface area contributed by atoms with Gasteiger partial charge in [-0.15, -0.1) is 0 Å². The number of hydrogen-bond acceptors (Lipinski definition) is 4. The van der Waals surface area contributed by atoms with Gasteiger partial charge in [-0.25, -0.2) is 9.78 Å². The van der Waals surface area contributed by atoms with Gasteiger partial charge in [-0.3, -0.25) is 18.7 Å². The summed E-state index contributed by atoms with van der Waals surface area (Å²) in [4.78, 5) is 40.9. The van der Waals surface area contributed by atoms with Crippen molar-refractivity contribution in [3.05, 3.63) is 65.1 Å². The highest BCUT2D eigenvalue weighted by Crippen LogP contribution is 2.23. The second-order valence-electron chi connectivity index (χ2n) is 7.06. The molecule has 8 nitrogen and oxygen atoms in total. The summed E-state index contributed by atoms with van der Waals surface area (Å²) in [5, 5.41) is 7.53. The second kappa shape index (κ2) is 7.82. The number of carbonyl (C=O) groups is 2. The van der Waals surface area contributed by atoms with Crippen molar-refractivity contribution in [3.63, 3.8) is 0 Å². The lowest BCUT2D eigenvalue weighted by atomic mass is 10.1. The van der Waals surface area contributed by atoms with E-state index in [1.54, 1.807) is 26.2 Å². The molecule has 8 heteroatoms. The number of benzene rings is 2. The molecule has 0 radical (unpaired) electrons. The van der Waals surface area contributed by atoms with Crippen LogP contribution in [0.1, 0.15) is 12.8 Å². The number of nitrogens with zero attached hydrogens (tertiary/aromatic N) is 3. The molecule has 2 aromatic heterocycles. The molecule has 0 saturated heterocycles. The summed E-state index contributed by atoms with van der Waals surface area (Å²) in [6, 6.07) is 16.8. The number of aryl methyl sites for hydroxylation is 2.